The maximum Gasteiger partial charge on any atom is 0.327 e. The molecule has 0 fully saturated rings. The van der Waals surface area contributed by atoms with E-state index >= 15 is 0 Å². The Balaban J connectivity index is 1.96. The van der Waals surface area contributed by atoms with E-state index in [2.05, 4.69) is 5.32 Å². The molecule has 7 heteroatoms. The summed E-state index contributed by atoms with van der Waals surface area (Å²) >= 11 is 0. The van der Waals surface area contributed by atoms with E-state index < -0.39 is 28.7 Å². The molecule has 6 nitrogen and oxygen atoms in total. The van der Waals surface area contributed by atoms with Crippen LogP contribution in [0.15, 0.2) is 24.3 Å². The predicted molar refractivity (Wildman–Crippen MR) is 77.8 cm³/mol. The molecular formula is C14H17NO5S. The summed E-state index contributed by atoms with van der Waals surface area (Å²) in [5, 5.41) is 11.3. The minimum atomic E-state index is -1.36. The summed E-state index contributed by atoms with van der Waals surface area (Å²) in [4.78, 5) is 22.0. The summed E-state index contributed by atoms with van der Waals surface area (Å²) in [6.07, 6.45) is 0. The number of amides is 1. The molecule has 0 spiro atoms. The van der Waals surface area contributed by atoms with Crippen LogP contribution in [0.5, 0.6) is 5.75 Å². The van der Waals surface area contributed by atoms with Crippen molar-refractivity contribution < 1.29 is 23.6 Å². The van der Waals surface area contributed by atoms with Crippen LogP contribution in [0.3, 0.4) is 0 Å². The highest BCUT2D eigenvalue weighted by Gasteiger charge is 2.28. The zero-order valence-corrected chi connectivity index (χ0v) is 12.4. The molecule has 0 aromatic heterocycles. The molecule has 0 aliphatic carbocycles. The highest BCUT2D eigenvalue weighted by molar-refractivity contribution is 7.85. The minimum absolute atomic E-state index is 0.00573. The third-order valence-electron chi connectivity index (χ3n) is 3.21. The van der Waals surface area contributed by atoms with Crippen LogP contribution in [0.4, 0.5) is 0 Å². The summed E-state index contributed by atoms with van der Waals surface area (Å²) in [6.45, 7) is 1.68. The second kappa shape index (κ2) is 6.71. The van der Waals surface area contributed by atoms with Crippen LogP contribution in [0.1, 0.15) is 18.4 Å². The van der Waals surface area contributed by atoms with Crippen LogP contribution in [0, 0.1) is 0 Å². The molecule has 1 aromatic rings. The highest BCUT2D eigenvalue weighted by Crippen LogP contribution is 2.33. The molecule has 3 unspecified atom stereocenters. The number of benzene rings is 1. The van der Waals surface area contributed by atoms with Gasteiger partial charge in [-0.05, 0) is 6.07 Å². The predicted octanol–water partition coefficient (Wildman–Crippen LogP) is 0.501. The number of carboxylic acids is 1. The number of nitrogens with one attached hydrogen (secondary N) is 1. The number of para-hydroxylation sites is 1. The summed E-state index contributed by atoms with van der Waals surface area (Å²) < 4.78 is 17.7. The smallest absolute Gasteiger partial charge is 0.327 e. The Morgan fingerprint density at radius 3 is 2.86 bits per heavy atom. The lowest BCUT2D eigenvalue weighted by atomic mass is 10.0. The molecule has 1 aromatic carbocycles. The number of fused-ring (bicyclic) bond motifs is 1. The van der Waals surface area contributed by atoms with Crippen LogP contribution < -0.4 is 10.1 Å². The van der Waals surface area contributed by atoms with E-state index in [4.69, 9.17) is 9.84 Å². The average Bonchev–Trinajstić information content (AvgIpc) is 2.81. The van der Waals surface area contributed by atoms with Gasteiger partial charge in [0.15, 0.2) is 0 Å². The van der Waals surface area contributed by atoms with E-state index in [0.29, 0.717) is 12.4 Å². The van der Waals surface area contributed by atoms with E-state index in [9.17, 15) is 13.8 Å². The number of hydrogen-bond donors (Lipinski definition) is 2. The first kappa shape index (κ1) is 15.5. The van der Waals surface area contributed by atoms with Crippen molar-refractivity contribution in [3.05, 3.63) is 29.8 Å². The minimum Gasteiger partial charge on any atom is -0.493 e. The summed E-state index contributed by atoms with van der Waals surface area (Å²) in [5.41, 5.74) is 0.997. The summed E-state index contributed by atoms with van der Waals surface area (Å²) in [6, 6.07) is 6.42. The van der Waals surface area contributed by atoms with Gasteiger partial charge in [-0.25, -0.2) is 4.79 Å². The van der Waals surface area contributed by atoms with Crippen molar-refractivity contribution in [2.75, 3.05) is 18.1 Å². The summed E-state index contributed by atoms with van der Waals surface area (Å²) in [7, 11) is -1.36. The van der Waals surface area contributed by atoms with Gasteiger partial charge in [0.05, 0.1) is 12.4 Å². The molecule has 21 heavy (non-hydrogen) atoms. The van der Waals surface area contributed by atoms with Gasteiger partial charge in [0.1, 0.15) is 11.8 Å². The van der Waals surface area contributed by atoms with Crippen LogP contribution in [-0.2, 0) is 20.4 Å². The molecule has 1 aliphatic heterocycles. The van der Waals surface area contributed by atoms with Crippen molar-refractivity contribution in [3.8, 4) is 5.75 Å². The van der Waals surface area contributed by atoms with Gasteiger partial charge in [0.2, 0.25) is 5.91 Å². The maximum atomic E-state index is 12.1. The number of hydrogen-bond acceptors (Lipinski definition) is 4. The molecule has 2 rings (SSSR count). The molecule has 0 saturated heterocycles. The Morgan fingerprint density at radius 1 is 1.48 bits per heavy atom. The van der Waals surface area contributed by atoms with Crippen molar-refractivity contribution in [2.24, 2.45) is 0 Å². The fourth-order valence-corrected chi connectivity index (χ4v) is 3.72. The number of carboxylic acid groups (broad SMARTS) is 1. The number of aliphatic carboxylic acids is 1. The average molecular weight is 311 g/mol. The Kier molecular flexibility index (Phi) is 4.95. The van der Waals surface area contributed by atoms with Gasteiger partial charge in [-0.3, -0.25) is 9.00 Å². The maximum absolute atomic E-state index is 12.1. The second-order valence-corrected chi connectivity index (χ2v) is 6.46. The lowest BCUT2D eigenvalue weighted by Gasteiger charge is -2.14. The van der Waals surface area contributed by atoms with Crippen LogP contribution in [0.25, 0.3) is 0 Å². The summed E-state index contributed by atoms with van der Waals surface area (Å²) in [5.74, 6) is -0.631. The molecule has 2 N–H and O–H groups in total. The van der Waals surface area contributed by atoms with E-state index in [0.717, 1.165) is 11.3 Å². The molecule has 3 atom stereocenters. The van der Waals surface area contributed by atoms with Crippen LogP contribution in [-0.4, -0.2) is 45.3 Å². The van der Waals surface area contributed by atoms with Gasteiger partial charge >= 0.3 is 5.97 Å². The fourth-order valence-electron chi connectivity index (χ4n) is 2.27. The topological polar surface area (TPSA) is 92.7 Å². The van der Waals surface area contributed by atoms with Crippen molar-refractivity contribution >= 4 is 22.7 Å². The second-order valence-electron chi connectivity index (χ2n) is 4.91. The number of carbonyl (C=O) groups excluding carboxylic acids is 1. The fraction of sp³-hybridized carbons (Fsp3) is 0.429. The van der Waals surface area contributed by atoms with E-state index in [1.165, 1.54) is 6.92 Å². The molecule has 114 valence electrons. The molecule has 0 saturated carbocycles. The van der Waals surface area contributed by atoms with Crippen LogP contribution in [0.2, 0.25) is 0 Å². The lowest BCUT2D eigenvalue weighted by molar-refractivity contribution is -0.140. The monoisotopic (exact) mass is 311 g/mol. The van der Waals surface area contributed by atoms with Crippen molar-refractivity contribution in [1.82, 2.24) is 5.32 Å². The zero-order valence-electron chi connectivity index (χ0n) is 11.6. The Hall–Kier alpha value is -1.89. The van der Waals surface area contributed by atoms with Crippen molar-refractivity contribution in [2.45, 2.75) is 18.9 Å². The van der Waals surface area contributed by atoms with Crippen molar-refractivity contribution in [3.63, 3.8) is 0 Å². The Bertz CT molecular complexity index is 574. The van der Waals surface area contributed by atoms with Gasteiger partial charge in [-0.2, -0.15) is 0 Å². The number of carbonyl (C=O) groups is 2. The molecule has 1 amide bonds. The lowest BCUT2D eigenvalue weighted by Crippen LogP contribution is -2.43. The van der Waals surface area contributed by atoms with Gasteiger partial charge in [0.25, 0.3) is 0 Å². The first-order valence-electron chi connectivity index (χ1n) is 6.54. The quantitative estimate of drug-likeness (QED) is 0.798. The third-order valence-corrected chi connectivity index (χ3v) is 4.69. The molecule has 0 bridgehead atoms. The van der Waals surface area contributed by atoms with Crippen molar-refractivity contribution in [1.29, 1.82) is 0 Å². The number of ether oxygens (including phenoxy) is 1. The highest BCUT2D eigenvalue weighted by atomic mass is 32.2. The first-order valence-corrected chi connectivity index (χ1v) is 8.02. The SMILES string of the molecule is CC(=O)NC(CS(=O)CC1COc2ccccc21)C(=O)O. The number of rotatable bonds is 6. The first-order chi connectivity index (χ1) is 9.97. The van der Waals surface area contributed by atoms with E-state index in [1.54, 1.807) is 0 Å². The zero-order chi connectivity index (χ0) is 15.4. The molecular weight excluding hydrogens is 294 g/mol. The Morgan fingerprint density at radius 2 is 2.19 bits per heavy atom. The van der Waals surface area contributed by atoms with Gasteiger partial charge < -0.3 is 15.2 Å². The van der Waals surface area contributed by atoms with Gasteiger partial charge in [-0.1, -0.05) is 18.2 Å². The molecule has 1 aliphatic rings. The molecule has 0 radical (unpaired) electrons. The van der Waals surface area contributed by atoms with Crippen LogP contribution >= 0.6 is 0 Å². The standard InChI is InChI=1S/C14H17NO5S/c1-9(16)15-12(14(17)18)8-21(19)7-10-6-20-13-5-3-2-4-11(10)13/h2-5,10,12H,6-8H2,1H3,(H,15,16)(H,17,18). The third kappa shape index (κ3) is 4.04. The largest absolute Gasteiger partial charge is 0.493 e. The van der Waals surface area contributed by atoms with Gasteiger partial charge in [0, 0.05) is 35.0 Å². The van der Waals surface area contributed by atoms with E-state index in [1.807, 2.05) is 24.3 Å². The normalized spacial score (nSPS) is 19.2. The molecule has 1 heterocycles. The Labute approximate surface area is 125 Å². The van der Waals surface area contributed by atoms with Gasteiger partial charge in [-0.15, -0.1) is 0 Å². The van der Waals surface area contributed by atoms with E-state index in [-0.39, 0.29) is 11.7 Å².